The standard InChI is InChI=1S/C19H17FN2O2S/c20-16-8-10-17(11-9-16)25(23,24)22-14-13-21-12-4-7-18(21)19(22)15-5-2-1-3-6-15/h1-12,19H,13-14H2/t19-/m1/s1. The summed E-state index contributed by atoms with van der Waals surface area (Å²) in [7, 11) is -3.74. The molecule has 1 aliphatic rings. The average molecular weight is 356 g/mol. The second kappa shape index (κ2) is 6.13. The smallest absolute Gasteiger partial charge is 0.244 e. The summed E-state index contributed by atoms with van der Waals surface area (Å²) >= 11 is 0. The van der Waals surface area contributed by atoms with E-state index in [1.807, 2.05) is 48.7 Å². The molecule has 0 unspecified atom stereocenters. The average Bonchev–Trinajstić information content (AvgIpc) is 3.10. The van der Waals surface area contributed by atoms with Gasteiger partial charge in [-0.15, -0.1) is 0 Å². The van der Waals surface area contributed by atoms with E-state index in [0.29, 0.717) is 13.1 Å². The Bertz CT molecular complexity index is 982. The van der Waals surface area contributed by atoms with Crippen molar-refractivity contribution in [1.82, 2.24) is 8.87 Å². The summed E-state index contributed by atoms with van der Waals surface area (Å²) < 4.78 is 43.2. The second-order valence-corrected chi connectivity index (χ2v) is 7.90. The van der Waals surface area contributed by atoms with Gasteiger partial charge in [0.15, 0.2) is 0 Å². The lowest BCUT2D eigenvalue weighted by molar-refractivity contribution is 0.298. The van der Waals surface area contributed by atoms with Crippen LogP contribution in [0.25, 0.3) is 0 Å². The fourth-order valence-corrected chi connectivity index (χ4v) is 4.92. The van der Waals surface area contributed by atoms with E-state index in [9.17, 15) is 12.8 Å². The minimum atomic E-state index is -3.74. The summed E-state index contributed by atoms with van der Waals surface area (Å²) in [4.78, 5) is 0.106. The van der Waals surface area contributed by atoms with Crippen molar-refractivity contribution in [3.8, 4) is 0 Å². The summed E-state index contributed by atoms with van der Waals surface area (Å²) in [5, 5.41) is 0. The molecule has 1 aromatic heterocycles. The predicted octanol–water partition coefficient (Wildman–Crippen LogP) is 3.42. The van der Waals surface area contributed by atoms with Gasteiger partial charge in [-0.25, -0.2) is 12.8 Å². The van der Waals surface area contributed by atoms with Gasteiger partial charge in [0.2, 0.25) is 10.0 Å². The highest BCUT2D eigenvalue weighted by Crippen LogP contribution is 2.36. The maximum Gasteiger partial charge on any atom is 0.244 e. The molecule has 1 atom stereocenters. The summed E-state index contributed by atoms with van der Waals surface area (Å²) in [6, 6.07) is 18.0. The Morgan fingerprint density at radius 2 is 1.60 bits per heavy atom. The molecular weight excluding hydrogens is 339 g/mol. The van der Waals surface area contributed by atoms with Crippen molar-refractivity contribution < 1.29 is 12.8 Å². The first-order chi connectivity index (χ1) is 12.1. The van der Waals surface area contributed by atoms with Crippen LogP contribution in [0.3, 0.4) is 0 Å². The molecule has 25 heavy (non-hydrogen) atoms. The Hall–Kier alpha value is -2.44. The lowest BCUT2D eigenvalue weighted by atomic mass is 10.0. The van der Waals surface area contributed by atoms with Gasteiger partial charge in [0.25, 0.3) is 0 Å². The molecule has 0 amide bonds. The van der Waals surface area contributed by atoms with Gasteiger partial charge >= 0.3 is 0 Å². The molecule has 0 fully saturated rings. The predicted molar refractivity (Wildman–Crippen MR) is 93.0 cm³/mol. The second-order valence-electron chi connectivity index (χ2n) is 6.01. The zero-order valence-electron chi connectivity index (χ0n) is 13.4. The van der Waals surface area contributed by atoms with Crippen LogP contribution in [0.4, 0.5) is 4.39 Å². The molecule has 4 rings (SSSR count). The molecular formula is C19H17FN2O2S. The molecule has 3 aromatic rings. The molecule has 0 saturated carbocycles. The van der Waals surface area contributed by atoms with Crippen LogP contribution in [-0.4, -0.2) is 23.8 Å². The minimum absolute atomic E-state index is 0.106. The van der Waals surface area contributed by atoms with Gasteiger partial charge in [-0.3, -0.25) is 0 Å². The van der Waals surface area contributed by atoms with E-state index >= 15 is 0 Å². The highest BCUT2D eigenvalue weighted by atomic mass is 32.2. The van der Waals surface area contributed by atoms with Crippen molar-refractivity contribution in [3.63, 3.8) is 0 Å². The fraction of sp³-hybridized carbons (Fsp3) is 0.158. The number of halogens is 1. The molecule has 0 spiro atoms. The first-order valence-electron chi connectivity index (χ1n) is 8.05. The van der Waals surface area contributed by atoms with Crippen molar-refractivity contribution in [3.05, 3.63) is 90.0 Å². The van der Waals surface area contributed by atoms with E-state index in [4.69, 9.17) is 0 Å². The van der Waals surface area contributed by atoms with Crippen LogP contribution in [-0.2, 0) is 16.6 Å². The van der Waals surface area contributed by atoms with Gasteiger partial charge in [-0.05, 0) is 42.0 Å². The number of rotatable bonds is 3. The number of nitrogens with zero attached hydrogens (tertiary/aromatic N) is 2. The van der Waals surface area contributed by atoms with Crippen molar-refractivity contribution in [2.45, 2.75) is 17.5 Å². The Balaban J connectivity index is 1.84. The minimum Gasteiger partial charge on any atom is -0.348 e. The molecule has 2 aromatic carbocycles. The maximum absolute atomic E-state index is 13.2. The van der Waals surface area contributed by atoms with Crippen LogP contribution in [0.15, 0.2) is 77.8 Å². The summed E-state index contributed by atoms with van der Waals surface area (Å²) in [6.45, 7) is 0.951. The molecule has 0 radical (unpaired) electrons. The van der Waals surface area contributed by atoms with E-state index < -0.39 is 21.9 Å². The van der Waals surface area contributed by atoms with Gasteiger partial charge in [0.1, 0.15) is 5.82 Å². The van der Waals surface area contributed by atoms with E-state index in [2.05, 4.69) is 4.57 Å². The quantitative estimate of drug-likeness (QED) is 0.722. The lowest BCUT2D eigenvalue weighted by Crippen LogP contribution is -2.42. The third-order valence-electron chi connectivity index (χ3n) is 4.53. The number of sulfonamides is 1. The molecule has 4 nitrogen and oxygen atoms in total. The zero-order valence-corrected chi connectivity index (χ0v) is 14.2. The molecule has 0 saturated heterocycles. The first-order valence-corrected chi connectivity index (χ1v) is 9.49. The zero-order chi connectivity index (χ0) is 17.4. The maximum atomic E-state index is 13.2. The largest absolute Gasteiger partial charge is 0.348 e. The monoisotopic (exact) mass is 356 g/mol. The topological polar surface area (TPSA) is 42.3 Å². The highest BCUT2D eigenvalue weighted by molar-refractivity contribution is 7.89. The third-order valence-corrected chi connectivity index (χ3v) is 6.41. The van der Waals surface area contributed by atoms with Crippen LogP contribution in [0.2, 0.25) is 0 Å². The van der Waals surface area contributed by atoms with Crippen LogP contribution in [0.5, 0.6) is 0 Å². The van der Waals surface area contributed by atoms with Crippen molar-refractivity contribution in [2.75, 3.05) is 6.54 Å². The molecule has 0 aliphatic carbocycles. The normalized spacial score (nSPS) is 18.0. The molecule has 1 aliphatic heterocycles. The van der Waals surface area contributed by atoms with Gasteiger partial charge in [0.05, 0.1) is 10.9 Å². The highest BCUT2D eigenvalue weighted by Gasteiger charge is 2.37. The molecule has 0 N–H and O–H groups in total. The van der Waals surface area contributed by atoms with E-state index in [1.165, 1.54) is 28.6 Å². The van der Waals surface area contributed by atoms with E-state index in [0.717, 1.165) is 11.3 Å². The third kappa shape index (κ3) is 2.77. The van der Waals surface area contributed by atoms with Gasteiger partial charge in [0, 0.05) is 25.0 Å². The van der Waals surface area contributed by atoms with E-state index in [-0.39, 0.29) is 4.90 Å². The Kier molecular flexibility index (Phi) is 3.94. The number of hydrogen-bond donors (Lipinski definition) is 0. The van der Waals surface area contributed by atoms with Crippen molar-refractivity contribution in [1.29, 1.82) is 0 Å². The number of benzene rings is 2. The van der Waals surface area contributed by atoms with Crippen LogP contribution in [0, 0.1) is 5.82 Å². The van der Waals surface area contributed by atoms with Gasteiger partial charge in [-0.2, -0.15) is 4.31 Å². The van der Waals surface area contributed by atoms with Crippen LogP contribution >= 0.6 is 0 Å². The lowest BCUT2D eigenvalue weighted by Gasteiger charge is -2.36. The van der Waals surface area contributed by atoms with Crippen molar-refractivity contribution >= 4 is 10.0 Å². The summed E-state index contributed by atoms with van der Waals surface area (Å²) in [6.07, 6.45) is 1.97. The van der Waals surface area contributed by atoms with Crippen LogP contribution in [0.1, 0.15) is 17.3 Å². The molecule has 0 bridgehead atoms. The Labute approximate surface area is 146 Å². The molecule has 128 valence electrons. The molecule has 2 heterocycles. The number of aromatic nitrogens is 1. The van der Waals surface area contributed by atoms with Crippen molar-refractivity contribution in [2.24, 2.45) is 0 Å². The Morgan fingerprint density at radius 1 is 0.880 bits per heavy atom. The first kappa shape index (κ1) is 16.1. The van der Waals surface area contributed by atoms with E-state index in [1.54, 1.807) is 0 Å². The van der Waals surface area contributed by atoms with Gasteiger partial charge in [-0.1, -0.05) is 30.3 Å². The fourth-order valence-electron chi connectivity index (χ4n) is 3.34. The van der Waals surface area contributed by atoms with Gasteiger partial charge < -0.3 is 4.57 Å². The Morgan fingerprint density at radius 3 is 2.32 bits per heavy atom. The number of hydrogen-bond acceptors (Lipinski definition) is 2. The van der Waals surface area contributed by atoms with Crippen LogP contribution < -0.4 is 0 Å². The SMILES string of the molecule is O=S(=O)(c1ccc(F)cc1)N1CCn2cccc2[C@H]1c1ccccc1. The summed E-state index contributed by atoms with van der Waals surface area (Å²) in [5.41, 5.74) is 1.84. The molecule has 6 heteroatoms. The summed E-state index contributed by atoms with van der Waals surface area (Å²) in [5.74, 6) is -0.453. The number of fused-ring (bicyclic) bond motifs is 1.